The number of aryl methyl sites for hydroxylation is 1. The summed E-state index contributed by atoms with van der Waals surface area (Å²) >= 11 is 0. The van der Waals surface area contributed by atoms with E-state index in [1.165, 1.54) is 25.5 Å². The maximum absolute atomic E-state index is 12.2. The van der Waals surface area contributed by atoms with E-state index in [-0.39, 0.29) is 4.90 Å². The third kappa shape index (κ3) is 2.23. The van der Waals surface area contributed by atoms with E-state index < -0.39 is 10.0 Å². The van der Waals surface area contributed by atoms with Gasteiger partial charge in [-0.3, -0.25) is 0 Å². The summed E-state index contributed by atoms with van der Waals surface area (Å²) in [6.07, 6.45) is 0. The van der Waals surface area contributed by atoms with Gasteiger partial charge >= 0.3 is 0 Å². The third-order valence-electron chi connectivity index (χ3n) is 2.67. The molecule has 5 nitrogen and oxygen atoms in total. The lowest BCUT2D eigenvalue weighted by Gasteiger charge is -2.18. The van der Waals surface area contributed by atoms with Gasteiger partial charge < -0.3 is 10.5 Å². The van der Waals surface area contributed by atoms with Gasteiger partial charge in [0.25, 0.3) is 0 Å². The van der Waals surface area contributed by atoms with Gasteiger partial charge in [-0.2, -0.15) is 0 Å². The van der Waals surface area contributed by atoms with Crippen molar-refractivity contribution >= 4 is 15.7 Å². The molecule has 1 aromatic rings. The van der Waals surface area contributed by atoms with Gasteiger partial charge in [-0.1, -0.05) is 0 Å². The Morgan fingerprint density at radius 3 is 2.24 bits per heavy atom. The summed E-state index contributed by atoms with van der Waals surface area (Å²) in [4.78, 5) is 0.251. The first-order chi connectivity index (χ1) is 7.73. The van der Waals surface area contributed by atoms with Crippen molar-refractivity contribution in [2.75, 3.05) is 26.9 Å². The van der Waals surface area contributed by atoms with E-state index in [0.717, 1.165) is 0 Å². The summed E-state index contributed by atoms with van der Waals surface area (Å²) in [5.74, 6) is 0.498. The maximum Gasteiger partial charge on any atom is 0.243 e. The van der Waals surface area contributed by atoms with Crippen molar-refractivity contribution in [2.24, 2.45) is 0 Å². The monoisotopic (exact) mass is 258 g/mol. The summed E-state index contributed by atoms with van der Waals surface area (Å²) in [7, 11) is 1.01. The molecule has 0 unspecified atom stereocenters. The predicted molar refractivity (Wildman–Crippen MR) is 67.8 cm³/mol. The number of nitrogens with zero attached hydrogens (tertiary/aromatic N) is 1. The third-order valence-corrected chi connectivity index (χ3v) is 4.78. The van der Waals surface area contributed by atoms with Gasteiger partial charge in [-0.05, 0) is 31.0 Å². The normalized spacial score (nSPS) is 11.9. The topological polar surface area (TPSA) is 72.6 Å². The van der Waals surface area contributed by atoms with Gasteiger partial charge in [-0.25, -0.2) is 12.7 Å². The molecule has 6 heteroatoms. The number of methoxy groups -OCH3 is 1. The number of nitrogen functional groups attached to an aromatic ring is 1. The summed E-state index contributed by atoms with van der Waals surface area (Å²) in [5.41, 5.74) is 7.36. The van der Waals surface area contributed by atoms with Crippen molar-refractivity contribution in [2.45, 2.75) is 18.7 Å². The van der Waals surface area contributed by atoms with Crippen LogP contribution in [0.25, 0.3) is 0 Å². The van der Waals surface area contributed by atoms with E-state index in [1.807, 2.05) is 0 Å². The molecule has 0 saturated carbocycles. The molecule has 0 saturated heterocycles. The average Bonchev–Trinajstić information content (AvgIpc) is 2.22. The Morgan fingerprint density at radius 1 is 1.29 bits per heavy atom. The highest BCUT2D eigenvalue weighted by Gasteiger charge is 2.24. The van der Waals surface area contributed by atoms with Crippen LogP contribution < -0.4 is 10.5 Å². The fourth-order valence-corrected chi connectivity index (χ4v) is 3.02. The Bertz CT molecular complexity index is 536. The van der Waals surface area contributed by atoms with Crippen LogP contribution in [0.5, 0.6) is 5.75 Å². The number of nitrogens with two attached hydrogens (primary N) is 1. The molecular weight excluding hydrogens is 240 g/mol. The molecule has 0 amide bonds. The molecule has 96 valence electrons. The molecule has 0 radical (unpaired) electrons. The summed E-state index contributed by atoms with van der Waals surface area (Å²) in [5, 5.41) is 0. The van der Waals surface area contributed by atoms with Crippen molar-refractivity contribution < 1.29 is 13.2 Å². The van der Waals surface area contributed by atoms with Gasteiger partial charge in [0.05, 0.1) is 17.7 Å². The minimum Gasteiger partial charge on any atom is -0.495 e. The van der Waals surface area contributed by atoms with Crippen LogP contribution in [0, 0.1) is 13.8 Å². The lowest BCUT2D eigenvalue weighted by molar-refractivity contribution is 0.416. The van der Waals surface area contributed by atoms with Crippen LogP contribution in [-0.4, -0.2) is 33.9 Å². The van der Waals surface area contributed by atoms with Crippen LogP contribution in [0.1, 0.15) is 11.1 Å². The molecule has 0 atom stereocenters. The molecule has 0 fully saturated rings. The zero-order valence-corrected chi connectivity index (χ0v) is 11.6. The smallest absolute Gasteiger partial charge is 0.243 e. The van der Waals surface area contributed by atoms with E-state index in [2.05, 4.69) is 0 Å². The highest BCUT2D eigenvalue weighted by atomic mass is 32.2. The predicted octanol–water partition coefficient (Wildman–Crippen LogP) is 1.14. The van der Waals surface area contributed by atoms with Crippen LogP contribution in [0.2, 0.25) is 0 Å². The number of benzene rings is 1. The molecular formula is C11H18N2O3S. The van der Waals surface area contributed by atoms with Crippen molar-refractivity contribution in [3.63, 3.8) is 0 Å². The molecule has 0 aliphatic heterocycles. The van der Waals surface area contributed by atoms with Crippen molar-refractivity contribution in [3.8, 4) is 5.75 Å². The lowest BCUT2D eigenvalue weighted by atomic mass is 10.1. The van der Waals surface area contributed by atoms with E-state index in [0.29, 0.717) is 22.6 Å². The number of hydrogen-bond acceptors (Lipinski definition) is 4. The Labute approximate surface area is 102 Å². The second-order valence-electron chi connectivity index (χ2n) is 4.05. The molecule has 0 aliphatic carbocycles. The molecule has 0 aliphatic rings. The Morgan fingerprint density at radius 2 is 1.82 bits per heavy atom. The number of hydrogen-bond donors (Lipinski definition) is 1. The zero-order chi connectivity index (χ0) is 13.4. The minimum atomic E-state index is -3.49. The minimum absolute atomic E-state index is 0.251. The fourth-order valence-electron chi connectivity index (χ4n) is 1.69. The molecule has 0 heterocycles. The van der Waals surface area contributed by atoms with Crippen LogP contribution in [0.4, 0.5) is 5.69 Å². The first-order valence-corrected chi connectivity index (χ1v) is 6.53. The molecule has 2 N–H and O–H groups in total. The highest BCUT2D eigenvalue weighted by Crippen LogP contribution is 2.33. The molecule has 0 bridgehead atoms. The zero-order valence-electron chi connectivity index (χ0n) is 10.7. The quantitative estimate of drug-likeness (QED) is 0.825. The molecule has 1 aromatic carbocycles. The maximum atomic E-state index is 12.2. The van der Waals surface area contributed by atoms with Crippen LogP contribution in [0.3, 0.4) is 0 Å². The Kier molecular flexibility index (Phi) is 3.68. The molecule has 1 rings (SSSR count). The lowest BCUT2D eigenvalue weighted by Crippen LogP contribution is -2.24. The second-order valence-corrected chi connectivity index (χ2v) is 6.14. The standard InChI is InChI=1S/C11H18N2O3S/c1-7-6-9(16-5)10(12)8(2)11(7)17(14,15)13(3)4/h6H,12H2,1-5H3. The highest BCUT2D eigenvalue weighted by molar-refractivity contribution is 7.89. The van der Waals surface area contributed by atoms with Gasteiger partial charge in [-0.15, -0.1) is 0 Å². The second kappa shape index (κ2) is 4.54. The molecule has 17 heavy (non-hydrogen) atoms. The van der Waals surface area contributed by atoms with Crippen molar-refractivity contribution in [3.05, 3.63) is 17.2 Å². The largest absolute Gasteiger partial charge is 0.495 e. The van der Waals surface area contributed by atoms with Crippen molar-refractivity contribution in [1.29, 1.82) is 0 Å². The number of rotatable bonds is 3. The van der Waals surface area contributed by atoms with Crippen LogP contribution in [0.15, 0.2) is 11.0 Å². The SMILES string of the molecule is COc1cc(C)c(S(=O)(=O)N(C)C)c(C)c1N. The fraction of sp³-hybridized carbons (Fsp3) is 0.455. The van der Waals surface area contributed by atoms with E-state index in [9.17, 15) is 8.42 Å². The van der Waals surface area contributed by atoms with Crippen molar-refractivity contribution in [1.82, 2.24) is 4.31 Å². The van der Waals surface area contributed by atoms with E-state index >= 15 is 0 Å². The molecule has 0 aromatic heterocycles. The summed E-state index contributed by atoms with van der Waals surface area (Å²) in [6, 6.07) is 1.64. The number of sulfonamides is 1. The Hall–Kier alpha value is -1.27. The van der Waals surface area contributed by atoms with Gasteiger partial charge in [0, 0.05) is 14.1 Å². The number of anilines is 1. The van der Waals surface area contributed by atoms with Gasteiger partial charge in [0.15, 0.2) is 0 Å². The van der Waals surface area contributed by atoms with Crippen LogP contribution >= 0.6 is 0 Å². The van der Waals surface area contributed by atoms with Crippen LogP contribution in [-0.2, 0) is 10.0 Å². The van der Waals surface area contributed by atoms with E-state index in [1.54, 1.807) is 19.9 Å². The average molecular weight is 258 g/mol. The number of ether oxygens (including phenoxy) is 1. The first kappa shape index (κ1) is 13.8. The van der Waals surface area contributed by atoms with Gasteiger partial charge in [0.2, 0.25) is 10.0 Å². The van der Waals surface area contributed by atoms with E-state index in [4.69, 9.17) is 10.5 Å². The first-order valence-electron chi connectivity index (χ1n) is 5.09. The van der Waals surface area contributed by atoms with Gasteiger partial charge in [0.1, 0.15) is 5.75 Å². The Balaban J connectivity index is 3.63. The summed E-state index contributed by atoms with van der Waals surface area (Å²) < 4.78 is 30.6. The summed E-state index contributed by atoms with van der Waals surface area (Å²) in [6.45, 7) is 3.41. The molecule has 0 spiro atoms.